The van der Waals surface area contributed by atoms with Crippen molar-refractivity contribution in [3.05, 3.63) is 317 Å². The van der Waals surface area contributed by atoms with Crippen molar-refractivity contribution in [1.82, 2.24) is 0 Å². The van der Waals surface area contributed by atoms with E-state index in [0.717, 1.165) is 42.7 Å². The molecule has 0 aromatic heterocycles. The molecule has 6 aliphatic rings. The summed E-state index contributed by atoms with van der Waals surface area (Å²) in [7, 11) is 0. The van der Waals surface area contributed by atoms with Crippen molar-refractivity contribution in [2.24, 2.45) is 11.8 Å². The zero-order valence-electron chi connectivity index (χ0n) is 49.3. The molecule has 0 fully saturated rings. The third kappa shape index (κ3) is 7.64. The van der Waals surface area contributed by atoms with E-state index in [-0.39, 0.29) is 22.7 Å². The Kier molecular flexibility index (Phi) is 11.4. The third-order valence-corrected chi connectivity index (χ3v) is 20.4. The van der Waals surface area contributed by atoms with Gasteiger partial charge in [-0.05, 0) is 179 Å². The van der Waals surface area contributed by atoms with Crippen LogP contribution in [0.15, 0.2) is 278 Å². The minimum atomic E-state index is -0.192. The lowest BCUT2D eigenvalue weighted by Crippen LogP contribution is -2.31. The van der Waals surface area contributed by atoms with E-state index in [1.807, 2.05) is 0 Å². The molecule has 0 aliphatic heterocycles. The van der Waals surface area contributed by atoms with Crippen molar-refractivity contribution in [3.63, 3.8) is 0 Å². The highest BCUT2D eigenvalue weighted by molar-refractivity contribution is 6.21. The van der Waals surface area contributed by atoms with Crippen LogP contribution in [-0.4, -0.2) is 0 Å². The summed E-state index contributed by atoms with van der Waals surface area (Å²) < 4.78 is 0. The molecule has 0 radical (unpaired) electrons. The Labute approximate surface area is 505 Å². The predicted octanol–water partition coefficient (Wildman–Crippen LogP) is 22.3. The molecule has 86 heavy (non-hydrogen) atoms. The molecule has 0 heterocycles. The molecule has 11 aromatic rings. The number of anilines is 4. The zero-order valence-corrected chi connectivity index (χ0v) is 49.3. The molecule has 2 unspecified atom stereocenters. The Morgan fingerprint density at radius 1 is 0.419 bits per heavy atom. The van der Waals surface area contributed by atoms with E-state index in [1.54, 1.807) is 0 Å². The van der Waals surface area contributed by atoms with Crippen LogP contribution in [0.2, 0.25) is 0 Å². The van der Waals surface area contributed by atoms with Crippen LogP contribution in [0.5, 0.6) is 0 Å². The van der Waals surface area contributed by atoms with Gasteiger partial charge in [0.15, 0.2) is 0 Å². The molecule has 6 aliphatic carbocycles. The highest BCUT2D eigenvalue weighted by Gasteiger charge is 2.40. The fraction of sp³-hybridized carbons (Fsp3) is 0.143. The number of nitrogens with zero attached hydrogens (tertiary/aromatic N) is 2. The maximum atomic E-state index is 2.65. The van der Waals surface area contributed by atoms with Crippen molar-refractivity contribution in [1.29, 1.82) is 0 Å². The predicted molar refractivity (Wildman–Crippen MR) is 365 cm³/mol. The molecule has 0 saturated heterocycles. The van der Waals surface area contributed by atoms with Gasteiger partial charge in [-0.3, -0.25) is 0 Å². The van der Waals surface area contributed by atoms with Gasteiger partial charge in [-0.1, -0.05) is 246 Å². The van der Waals surface area contributed by atoms with Crippen LogP contribution in [0.3, 0.4) is 0 Å². The molecule has 17 rings (SSSR count). The largest absolute Gasteiger partial charge is 0.313 e. The van der Waals surface area contributed by atoms with Gasteiger partial charge in [0.05, 0.1) is 11.4 Å². The van der Waals surface area contributed by atoms with Crippen molar-refractivity contribution in [2.45, 2.75) is 64.2 Å². The van der Waals surface area contributed by atoms with Gasteiger partial charge in [-0.25, -0.2) is 0 Å². The summed E-state index contributed by atoms with van der Waals surface area (Å²) in [6, 6.07) is 81.2. The summed E-state index contributed by atoms with van der Waals surface area (Å²) in [6.45, 7) is 9.73. The molecule has 0 N–H and O–H groups in total. The highest BCUT2D eigenvalue weighted by Crippen LogP contribution is 2.57. The van der Waals surface area contributed by atoms with Crippen molar-refractivity contribution < 1.29 is 0 Å². The van der Waals surface area contributed by atoms with Crippen molar-refractivity contribution >= 4 is 82.7 Å². The number of hydrogen-bond acceptors (Lipinski definition) is 2. The first-order valence-electron chi connectivity index (χ1n) is 31.1. The molecular weight excluding hydrogens is 1040 g/mol. The van der Waals surface area contributed by atoms with Crippen LogP contribution in [0.25, 0.3) is 82.2 Å². The van der Waals surface area contributed by atoms with E-state index in [4.69, 9.17) is 0 Å². The monoisotopic (exact) mass is 1100 g/mol. The lowest BCUT2D eigenvalue weighted by molar-refractivity contribution is 0.613. The van der Waals surface area contributed by atoms with Gasteiger partial charge in [0.25, 0.3) is 0 Å². The first kappa shape index (κ1) is 50.7. The maximum Gasteiger partial charge on any atom is 0.0540 e. The summed E-state index contributed by atoms with van der Waals surface area (Å²) >= 11 is 0. The fourth-order valence-electron chi connectivity index (χ4n) is 16.2. The van der Waals surface area contributed by atoms with Gasteiger partial charge in [-0.2, -0.15) is 0 Å². The second-order valence-electron chi connectivity index (χ2n) is 25.7. The standard InChI is InChI=1S/C84H66N2/c1-83(2)73-35-15-13-33-65(73)67-45-41-57(49-75(67)83)81-69-47-43-60(86(79-39-19-27-55-23-7-11-31-63(55)79)80-40-20-28-56-24-8-12-32-64(56)80)52-72(69)82(58-42-46-68-66-34-14-16-36-74(66)84(3,4)76(68)50-58)70-48-44-59(51-71(70)81)85(77-37-17-25-53-21-5-9-29-61(53)77)78-38-18-26-54-22-6-10-30-62(54)78/h5-19,21-27,29-41,43-45,47-52,55,63H,20,28,42,46H2,1-4H3. The fourth-order valence-corrected chi connectivity index (χ4v) is 16.2. The van der Waals surface area contributed by atoms with Crippen LogP contribution in [0.1, 0.15) is 85.9 Å². The molecule has 412 valence electrons. The summed E-state index contributed by atoms with van der Waals surface area (Å²) in [4.78, 5) is 5.19. The minimum absolute atomic E-state index is 0.148. The Bertz CT molecular complexity index is 4870. The van der Waals surface area contributed by atoms with Gasteiger partial charge in [0.2, 0.25) is 0 Å². The maximum absolute atomic E-state index is 2.65. The minimum Gasteiger partial charge on any atom is -0.313 e. The number of rotatable bonds is 8. The van der Waals surface area contributed by atoms with Gasteiger partial charge in [0.1, 0.15) is 0 Å². The van der Waals surface area contributed by atoms with Crippen molar-refractivity contribution in [3.8, 4) is 22.3 Å². The number of benzene rings is 11. The van der Waals surface area contributed by atoms with E-state index in [1.165, 1.54) is 138 Å². The van der Waals surface area contributed by atoms with Gasteiger partial charge in [-0.15, -0.1) is 0 Å². The second kappa shape index (κ2) is 19.4. The molecular formula is C84H66N2. The van der Waals surface area contributed by atoms with Crippen molar-refractivity contribution in [2.75, 3.05) is 9.80 Å². The van der Waals surface area contributed by atoms with Gasteiger partial charge in [0, 0.05) is 61.8 Å². The van der Waals surface area contributed by atoms with E-state index in [0.29, 0.717) is 0 Å². The molecule has 0 bridgehead atoms. The molecule has 2 atom stereocenters. The number of allylic oxidation sites excluding steroid dienone is 12. The molecule has 2 nitrogen and oxygen atoms in total. The Hall–Kier alpha value is -9.76. The summed E-state index contributed by atoms with van der Waals surface area (Å²) in [5.41, 5.74) is 26.0. The second-order valence-corrected chi connectivity index (χ2v) is 25.7. The smallest absolute Gasteiger partial charge is 0.0540 e. The zero-order chi connectivity index (χ0) is 57.4. The first-order chi connectivity index (χ1) is 42.2. The highest BCUT2D eigenvalue weighted by atomic mass is 15.2. The van der Waals surface area contributed by atoms with Crippen LogP contribution >= 0.6 is 0 Å². The van der Waals surface area contributed by atoms with Gasteiger partial charge < -0.3 is 9.80 Å². The normalized spacial score (nSPS) is 18.3. The Balaban J connectivity index is 0.992. The first-order valence-corrected chi connectivity index (χ1v) is 31.1. The average Bonchev–Trinajstić information content (AvgIpc) is 1.27. The third-order valence-electron chi connectivity index (χ3n) is 20.4. The summed E-state index contributed by atoms with van der Waals surface area (Å²) in [5.74, 6) is 0.456. The molecule has 11 aromatic carbocycles. The van der Waals surface area contributed by atoms with E-state index < -0.39 is 0 Å². The Morgan fingerprint density at radius 2 is 1.01 bits per heavy atom. The van der Waals surface area contributed by atoms with E-state index in [9.17, 15) is 0 Å². The van der Waals surface area contributed by atoms with Gasteiger partial charge >= 0.3 is 0 Å². The summed E-state index contributed by atoms with van der Waals surface area (Å²) in [6.07, 6.45) is 25.4. The summed E-state index contributed by atoms with van der Waals surface area (Å²) in [5, 5.41) is 9.90. The molecule has 0 spiro atoms. The lowest BCUT2D eigenvalue weighted by atomic mass is 9.76. The van der Waals surface area contributed by atoms with Crippen LogP contribution < -0.4 is 9.80 Å². The Morgan fingerprint density at radius 3 is 1.77 bits per heavy atom. The van der Waals surface area contributed by atoms with Crippen LogP contribution in [-0.2, 0) is 17.3 Å². The number of aryl methyl sites for hydroxylation is 1. The molecule has 0 saturated carbocycles. The topological polar surface area (TPSA) is 6.48 Å². The SMILES string of the molecule is CC1(C)C2=C(CCC(c3c4cc(N(C5=CCCc6ccccc65)C5=CC=CC6C=CC=CC56)ccc4c(-c4ccc5c(c4)C(C)(C)c4ccccc4-5)c4cc(N(c5cccc6ccccc56)c5cccc6ccccc56)ccc34)=C2)c2ccccc21. The molecule has 2 heteroatoms. The van der Waals surface area contributed by atoms with Crippen LogP contribution in [0.4, 0.5) is 22.7 Å². The number of fused-ring (bicyclic) bond motifs is 11. The number of hydrogen-bond donors (Lipinski definition) is 0. The molecule has 0 amide bonds. The quantitative estimate of drug-likeness (QED) is 0.140. The lowest BCUT2D eigenvalue weighted by Gasteiger charge is -2.39. The van der Waals surface area contributed by atoms with E-state index in [2.05, 4.69) is 305 Å². The average molecular weight is 1100 g/mol. The van der Waals surface area contributed by atoms with E-state index >= 15 is 0 Å². The van der Waals surface area contributed by atoms with Crippen LogP contribution in [0, 0.1) is 11.8 Å².